The van der Waals surface area contributed by atoms with Gasteiger partial charge in [0.05, 0.1) is 11.6 Å². The zero-order valence-corrected chi connectivity index (χ0v) is 10.4. The molecule has 2 N–H and O–H groups in total. The Kier molecular flexibility index (Phi) is 4.02. The molecule has 0 aliphatic rings. The standard InChI is InChI=1S/C13H14N4O2/c1-9(12(18)19)6-15-13-16-7-10(8-17-13)11-4-2-3-5-14-11/h2-5,7-9H,6H2,1H3,(H,18,19)(H,15,16,17). The van der Waals surface area contributed by atoms with Crippen LogP contribution in [0.15, 0.2) is 36.8 Å². The molecule has 2 rings (SSSR count). The van der Waals surface area contributed by atoms with Gasteiger partial charge in [-0.05, 0) is 12.1 Å². The molecule has 0 aromatic carbocycles. The summed E-state index contributed by atoms with van der Waals surface area (Å²) in [6.45, 7) is 1.91. The lowest BCUT2D eigenvalue weighted by Gasteiger charge is -2.08. The molecule has 0 radical (unpaired) electrons. The van der Waals surface area contributed by atoms with Crippen LogP contribution in [0.3, 0.4) is 0 Å². The van der Waals surface area contributed by atoms with Crippen LogP contribution in [-0.4, -0.2) is 32.6 Å². The van der Waals surface area contributed by atoms with E-state index in [9.17, 15) is 4.79 Å². The van der Waals surface area contributed by atoms with Gasteiger partial charge in [0.15, 0.2) is 0 Å². The first kappa shape index (κ1) is 12.9. The van der Waals surface area contributed by atoms with Crippen molar-refractivity contribution in [2.75, 3.05) is 11.9 Å². The highest BCUT2D eigenvalue weighted by Gasteiger charge is 2.10. The summed E-state index contributed by atoms with van der Waals surface area (Å²) in [6, 6.07) is 5.61. The topological polar surface area (TPSA) is 88.0 Å². The monoisotopic (exact) mass is 258 g/mol. The average molecular weight is 258 g/mol. The first-order valence-electron chi connectivity index (χ1n) is 5.87. The van der Waals surface area contributed by atoms with Crippen molar-refractivity contribution in [3.63, 3.8) is 0 Å². The molecule has 0 aliphatic heterocycles. The number of aromatic nitrogens is 3. The Bertz CT molecular complexity index is 542. The van der Waals surface area contributed by atoms with Crippen molar-refractivity contribution in [1.82, 2.24) is 15.0 Å². The van der Waals surface area contributed by atoms with Gasteiger partial charge in [-0.25, -0.2) is 9.97 Å². The number of hydrogen-bond donors (Lipinski definition) is 2. The second-order valence-corrected chi connectivity index (χ2v) is 4.13. The van der Waals surface area contributed by atoms with E-state index in [4.69, 9.17) is 5.11 Å². The maximum atomic E-state index is 10.7. The fourth-order valence-corrected chi connectivity index (χ4v) is 1.42. The Balaban J connectivity index is 2.01. The van der Waals surface area contributed by atoms with E-state index in [0.29, 0.717) is 5.95 Å². The molecule has 6 nitrogen and oxygen atoms in total. The molecule has 0 aliphatic carbocycles. The summed E-state index contributed by atoms with van der Waals surface area (Å²) in [5, 5.41) is 11.6. The lowest BCUT2D eigenvalue weighted by Crippen LogP contribution is -2.20. The van der Waals surface area contributed by atoms with Crippen molar-refractivity contribution < 1.29 is 9.90 Å². The molecule has 0 spiro atoms. The molecule has 2 aromatic heterocycles. The van der Waals surface area contributed by atoms with Crippen molar-refractivity contribution in [2.45, 2.75) is 6.92 Å². The highest BCUT2D eigenvalue weighted by Crippen LogP contribution is 2.14. The van der Waals surface area contributed by atoms with Crippen LogP contribution in [0.25, 0.3) is 11.3 Å². The largest absolute Gasteiger partial charge is 0.481 e. The van der Waals surface area contributed by atoms with Crippen molar-refractivity contribution in [3.05, 3.63) is 36.8 Å². The minimum Gasteiger partial charge on any atom is -0.481 e. The highest BCUT2D eigenvalue weighted by molar-refractivity contribution is 5.70. The van der Waals surface area contributed by atoms with Gasteiger partial charge in [-0.1, -0.05) is 13.0 Å². The third-order valence-electron chi connectivity index (χ3n) is 2.60. The lowest BCUT2D eigenvalue weighted by atomic mass is 10.2. The Morgan fingerprint density at radius 3 is 2.63 bits per heavy atom. The summed E-state index contributed by atoms with van der Waals surface area (Å²) in [7, 11) is 0. The summed E-state index contributed by atoms with van der Waals surface area (Å²) in [4.78, 5) is 23.1. The summed E-state index contributed by atoms with van der Waals surface area (Å²) >= 11 is 0. The maximum absolute atomic E-state index is 10.7. The second kappa shape index (κ2) is 5.90. The second-order valence-electron chi connectivity index (χ2n) is 4.13. The number of anilines is 1. The van der Waals surface area contributed by atoms with E-state index in [2.05, 4.69) is 20.3 Å². The minimum absolute atomic E-state index is 0.290. The van der Waals surface area contributed by atoms with Crippen molar-refractivity contribution in [2.24, 2.45) is 5.92 Å². The zero-order valence-electron chi connectivity index (χ0n) is 10.4. The van der Waals surface area contributed by atoms with E-state index in [1.165, 1.54) is 0 Å². The van der Waals surface area contributed by atoms with E-state index < -0.39 is 11.9 Å². The highest BCUT2D eigenvalue weighted by atomic mass is 16.4. The van der Waals surface area contributed by atoms with Crippen molar-refractivity contribution in [1.29, 1.82) is 0 Å². The molecular weight excluding hydrogens is 244 g/mol. The molecule has 6 heteroatoms. The third-order valence-corrected chi connectivity index (χ3v) is 2.60. The summed E-state index contributed by atoms with van der Waals surface area (Å²) in [6.07, 6.45) is 5.02. The van der Waals surface area contributed by atoms with E-state index >= 15 is 0 Å². The Morgan fingerprint density at radius 2 is 2.05 bits per heavy atom. The third kappa shape index (κ3) is 3.48. The lowest BCUT2D eigenvalue weighted by molar-refractivity contribution is -0.140. The van der Waals surface area contributed by atoms with Crippen molar-refractivity contribution in [3.8, 4) is 11.3 Å². The van der Waals surface area contributed by atoms with E-state index in [-0.39, 0.29) is 6.54 Å². The fourth-order valence-electron chi connectivity index (χ4n) is 1.42. The number of rotatable bonds is 5. The molecule has 0 bridgehead atoms. The molecule has 19 heavy (non-hydrogen) atoms. The molecule has 2 aromatic rings. The molecule has 0 amide bonds. The van der Waals surface area contributed by atoms with Gasteiger partial charge in [-0.2, -0.15) is 0 Å². The van der Waals surface area contributed by atoms with Gasteiger partial charge < -0.3 is 10.4 Å². The molecule has 0 saturated heterocycles. The number of carboxylic acids is 1. The predicted octanol–water partition coefficient (Wildman–Crippen LogP) is 1.67. The molecule has 98 valence electrons. The number of carbonyl (C=O) groups is 1. The van der Waals surface area contributed by atoms with E-state index in [1.807, 2.05) is 18.2 Å². The summed E-state index contributed by atoms with van der Waals surface area (Å²) < 4.78 is 0. The van der Waals surface area contributed by atoms with Gasteiger partial charge in [0, 0.05) is 30.7 Å². The molecule has 1 unspecified atom stereocenters. The Hall–Kier alpha value is -2.50. The quantitative estimate of drug-likeness (QED) is 0.848. The molecular formula is C13H14N4O2. The summed E-state index contributed by atoms with van der Waals surface area (Å²) in [5.41, 5.74) is 1.62. The number of pyridine rings is 1. The van der Waals surface area contributed by atoms with Gasteiger partial charge in [0.2, 0.25) is 5.95 Å². The van der Waals surface area contributed by atoms with Crippen LogP contribution >= 0.6 is 0 Å². The Labute approximate surface area is 110 Å². The normalized spacial score (nSPS) is 11.8. The average Bonchev–Trinajstić information content (AvgIpc) is 2.46. The first-order valence-corrected chi connectivity index (χ1v) is 5.87. The molecule has 0 fully saturated rings. The van der Waals surface area contributed by atoms with Gasteiger partial charge in [-0.3, -0.25) is 9.78 Å². The van der Waals surface area contributed by atoms with Crippen molar-refractivity contribution >= 4 is 11.9 Å². The van der Waals surface area contributed by atoms with Crippen LogP contribution < -0.4 is 5.32 Å². The van der Waals surface area contributed by atoms with E-state index in [1.54, 1.807) is 25.5 Å². The number of aliphatic carboxylic acids is 1. The van der Waals surface area contributed by atoms with Crippen LogP contribution in [0.4, 0.5) is 5.95 Å². The number of carboxylic acid groups (broad SMARTS) is 1. The van der Waals surface area contributed by atoms with Gasteiger partial charge in [0.25, 0.3) is 0 Å². The number of nitrogens with one attached hydrogen (secondary N) is 1. The van der Waals surface area contributed by atoms with Crippen LogP contribution in [0.2, 0.25) is 0 Å². The SMILES string of the molecule is CC(CNc1ncc(-c2ccccn2)cn1)C(=O)O. The van der Waals surface area contributed by atoms with Crippen LogP contribution in [0.1, 0.15) is 6.92 Å². The minimum atomic E-state index is -0.849. The Morgan fingerprint density at radius 1 is 1.32 bits per heavy atom. The predicted molar refractivity (Wildman–Crippen MR) is 70.6 cm³/mol. The maximum Gasteiger partial charge on any atom is 0.308 e. The van der Waals surface area contributed by atoms with Crippen LogP contribution in [0, 0.1) is 5.92 Å². The molecule has 0 saturated carbocycles. The van der Waals surface area contributed by atoms with Gasteiger partial charge >= 0.3 is 5.97 Å². The zero-order chi connectivity index (χ0) is 13.7. The van der Waals surface area contributed by atoms with Gasteiger partial charge in [0.1, 0.15) is 0 Å². The molecule has 1 atom stereocenters. The summed E-state index contributed by atoms with van der Waals surface area (Å²) in [5.74, 6) is -0.926. The van der Waals surface area contributed by atoms with Crippen LogP contribution in [0.5, 0.6) is 0 Å². The smallest absolute Gasteiger partial charge is 0.308 e. The molecule has 2 heterocycles. The van der Waals surface area contributed by atoms with E-state index in [0.717, 1.165) is 11.3 Å². The fraction of sp³-hybridized carbons (Fsp3) is 0.231. The number of hydrogen-bond acceptors (Lipinski definition) is 5. The first-order chi connectivity index (χ1) is 9.16. The van der Waals surface area contributed by atoms with Gasteiger partial charge in [-0.15, -0.1) is 0 Å². The van der Waals surface area contributed by atoms with Crippen LogP contribution in [-0.2, 0) is 4.79 Å². The number of nitrogens with zero attached hydrogens (tertiary/aromatic N) is 3.